The number of ether oxygens (including phenoxy) is 1. The van der Waals surface area contributed by atoms with E-state index in [0.717, 1.165) is 16.0 Å². The number of fused-ring (bicyclic) bond motifs is 1. The fourth-order valence-corrected chi connectivity index (χ4v) is 3.75. The van der Waals surface area contributed by atoms with E-state index in [1.54, 1.807) is 0 Å². The number of amides is 3. The lowest BCUT2D eigenvalue weighted by Gasteiger charge is -2.14. The zero-order chi connectivity index (χ0) is 20.3. The average Bonchev–Trinajstić information content (AvgIpc) is 2.88. The first kappa shape index (κ1) is 19.8. The molecule has 1 aromatic carbocycles. The van der Waals surface area contributed by atoms with Gasteiger partial charge in [0.1, 0.15) is 0 Å². The Balaban J connectivity index is 1.44. The molecule has 0 bridgehead atoms. The summed E-state index contributed by atoms with van der Waals surface area (Å²) in [6.45, 7) is 3.43. The van der Waals surface area contributed by atoms with Gasteiger partial charge in [0.2, 0.25) is 11.8 Å². The summed E-state index contributed by atoms with van der Waals surface area (Å²) in [5.41, 5.74) is 2.68. The summed E-state index contributed by atoms with van der Waals surface area (Å²) >= 11 is 0. The Labute approximate surface area is 163 Å². The number of carbonyl (C=O) groups is 4. The number of anilines is 1. The van der Waals surface area contributed by atoms with Crippen molar-refractivity contribution < 1.29 is 23.9 Å². The lowest BCUT2D eigenvalue weighted by molar-refractivity contribution is -0.148. The molecule has 1 saturated heterocycles. The van der Waals surface area contributed by atoms with Gasteiger partial charge in [0.05, 0.1) is 18.3 Å². The molecule has 148 valence electrons. The van der Waals surface area contributed by atoms with Crippen LogP contribution in [0.15, 0.2) is 30.4 Å². The molecule has 0 spiro atoms. The van der Waals surface area contributed by atoms with E-state index in [1.807, 2.05) is 44.2 Å². The summed E-state index contributed by atoms with van der Waals surface area (Å²) < 4.78 is 4.97. The number of nitrogens with one attached hydrogen (secondary N) is 1. The molecule has 0 saturated carbocycles. The fraction of sp³-hybridized carbons (Fsp3) is 0.429. The highest BCUT2D eigenvalue weighted by molar-refractivity contribution is 6.05. The number of imide groups is 1. The highest BCUT2D eigenvalue weighted by atomic mass is 16.5. The largest absolute Gasteiger partial charge is 0.456 e. The summed E-state index contributed by atoms with van der Waals surface area (Å²) in [6, 6.07) is 5.64. The van der Waals surface area contributed by atoms with E-state index in [4.69, 9.17) is 4.74 Å². The first-order chi connectivity index (χ1) is 13.3. The lowest BCUT2D eigenvalue weighted by Crippen LogP contribution is -2.33. The number of hydrogen-bond acceptors (Lipinski definition) is 5. The van der Waals surface area contributed by atoms with Crippen LogP contribution in [0.25, 0.3) is 0 Å². The standard InChI is InChI=1S/C21H24N2O5/c1-13-9-14(2)11-15(10-13)22-18(24)12-28-19(25)7-8-23-20(26)16-5-3-4-6-17(16)21(23)27/h3-4,9-11,16-17H,5-8,12H2,1-2H3,(H,22,24)/t16-,17+. The summed E-state index contributed by atoms with van der Waals surface area (Å²) in [4.78, 5) is 49.7. The summed E-state index contributed by atoms with van der Waals surface area (Å²) in [7, 11) is 0. The molecule has 1 N–H and O–H groups in total. The molecule has 7 nitrogen and oxygen atoms in total. The quantitative estimate of drug-likeness (QED) is 0.461. The summed E-state index contributed by atoms with van der Waals surface area (Å²) in [6.07, 6.45) is 4.83. The Morgan fingerprint density at radius 3 is 2.18 bits per heavy atom. The Morgan fingerprint density at radius 1 is 1.04 bits per heavy atom. The van der Waals surface area contributed by atoms with Crippen LogP contribution in [0.2, 0.25) is 0 Å². The monoisotopic (exact) mass is 384 g/mol. The van der Waals surface area contributed by atoms with E-state index in [0.29, 0.717) is 18.5 Å². The number of allylic oxidation sites excluding steroid dienone is 2. The number of hydrogen-bond donors (Lipinski definition) is 1. The van der Waals surface area contributed by atoms with Gasteiger partial charge in [-0.2, -0.15) is 0 Å². The van der Waals surface area contributed by atoms with Crippen LogP contribution in [0, 0.1) is 25.7 Å². The molecule has 28 heavy (non-hydrogen) atoms. The minimum Gasteiger partial charge on any atom is -0.456 e. The van der Waals surface area contributed by atoms with Crippen LogP contribution in [-0.2, 0) is 23.9 Å². The first-order valence-corrected chi connectivity index (χ1v) is 9.39. The van der Waals surface area contributed by atoms with E-state index < -0.39 is 18.5 Å². The van der Waals surface area contributed by atoms with Crippen molar-refractivity contribution >= 4 is 29.4 Å². The molecule has 2 aliphatic rings. The predicted octanol–water partition coefficient (Wildman–Crippen LogP) is 2.13. The van der Waals surface area contributed by atoms with Gasteiger partial charge in [0, 0.05) is 12.2 Å². The van der Waals surface area contributed by atoms with Crippen LogP contribution in [-0.4, -0.2) is 41.7 Å². The topological polar surface area (TPSA) is 92.8 Å². The molecule has 0 radical (unpaired) electrons. The molecule has 7 heteroatoms. The number of esters is 1. The molecule has 1 aliphatic heterocycles. The summed E-state index contributed by atoms with van der Waals surface area (Å²) in [5, 5.41) is 2.68. The van der Waals surface area contributed by atoms with Crippen LogP contribution >= 0.6 is 0 Å². The highest BCUT2D eigenvalue weighted by Crippen LogP contribution is 2.34. The lowest BCUT2D eigenvalue weighted by atomic mass is 9.85. The van der Waals surface area contributed by atoms with Gasteiger partial charge in [-0.25, -0.2) is 0 Å². The third kappa shape index (κ3) is 4.47. The number of likely N-dealkylation sites (tertiary alicyclic amines) is 1. The van der Waals surface area contributed by atoms with Crippen LogP contribution in [0.4, 0.5) is 5.69 Å². The normalized spacial score (nSPS) is 20.9. The zero-order valence-corrected chi connectivity index (χ0v) is 16.1. The second-order valence-corrected chi connectivity index (χ2v) is 7.32. The molecule has 2 atom stereocenters. The maximum atomic E-state index is 12.3. The van der Waals surface area contributed by atoms with Crippen LogP contribution in [0.3, 0.4) is 0 Å². The maximum absolute atomic E-state index is 12.3. The molecular formula is C21H24N2O5. The molecule has 1 heterocycles. The van der Waals surface area contributed by atoms with Gasteiger partial charge in [-0.1, -0.05) is 18.2 Å². The molecule has 0 aromatic heterocycles. The minimum absolute atomic E-state index is 0.0117. The van der Waals surface area contributed by atoms with E-state index >= 15 is 0 Å². The van der Waals surface area contributed by atoms with Crippen molar-refractivity contribution in [1.29, 1.82) is 0 Å². The fourth-order valence-electron chi connectivity index (χ4n) is 3.75. The van der Waals surface area contributed by atoms with Gasteiger partial charge >= 0.3 is 5.97 Å². The van der Waals surface area contributed by atoms with Gasteiger partial charge in [-0.05, 0) is 49.9 Å². The number of carbonyl (C=O) groups excluding carboxylic acids is 4. The van der Waals surface area contributed by atoms with Crippen molar-refractivity contribution in [3.63, 3.8) is 0 Å². The van der Waals surface area contributed by atoms with Crippen LogP contribution in [0.5, 0.6) is 0 Å². The Hall–Kier alpha value is -2.96. The van der Waals surface area contributed by atoms with Gasteiger partial charge in [-0.3, -0.25) is 24.1 Å². The molecule has 1 aliphatic carbocycles. The van der Waals surface area contributed by atoms with Crippen molar-refractivity contribution in [2.45, 2.75) is 33.1 Å². The van der Waals surface area contributed by atoms with Gasteiger partial charge in [0.15, 0.2) is 6.61 Å². The Bertz CT molecular complexity index is 799. The number of aryl methyl sites for hydroxylation is 2. The number of benzene rings is 1. The first-order valence-electron chi connectivity index (χ1n) is 9.39. The predicted molar refractivity (Wildman–Crippen MR) is 102 cm³/mol. The maximum Gasteiger partial charge on any atom is 0.308 e. The van der Waals surface area contributed by atoms with Crippen LogP contribution < -0.4 is 5.32 Å². The van der Waals surface area contributed by atoms with Gasteiger partial charge in [0.25, 0.3) is 5.91 Å². The molecule has 1 fully saturated rings. The van der Waals surface area contributed by atoms with Crippen molar-refractivity contribution in [2.24, 2.45) is 11.8 Å². The van der Waals surface area contributed by atoms with Crippen molar-refractivity contribution in [3.05, 3.63) is 41.5 Å². The molecule has 0 unspecified atom stereocenters. The van der Waals surface area contributed by atoms with Crippen molar-refractivity contribution in [1.82, 2.24) is 4.90 Å². The third-order valence-electron chi connectivity index (χ3n) is 5.01. The van der Waals surface area contributed by atoms with E-state index in [1.165, 1.54) is 0 Å². The van der Waals surface area contributed by atoms with Crippen molar-refractivity contribution in [3.8, 4) is 0 Å². The van der Waals surface area contributed by atoms with Crippen molar-refractivity contribution in [2.75, 3.05) is 18.5 Å². The van der Waals surface area contributed by atoms with Crippen LogP contribution in [0.1, 0.15) is 30.4 Å². The van der Waals surface area contributed by atoms with E-state index in [9.17, 15) is 19.2 Å². The summed E-state index contributed by atoms with van der Waals surface area (Å²) in [5.74, 6) is -2.12. The van der Waals surface area contributed by atoms with Gasteiger partial charge < -0.3 is 10.1 Å². The van der Waals surface area contributed by atoms with E-state index in [2.05, 4.69) is 5.32 Å². The van der Waals surface area contributed by atoms with Gasteiger partial charge in [-0.15, -0.1) is 0 Å². The average molecular weight is 384 g/mol. The second-order valence-electron chi connectivity index (χ2n) is 7.32. The SMILES string of the molecule is Cc1cc(C)cc(NC(=O)COC(=O)CCN2C(=O)[C@H]3CC=CC[C@H]3C2=O)c1. The molecular weight excluding hydrogens is 360 g/mol. The highest BCUT2D eigenvalue weighted by Gasteiger charge is 2.46. The molecule has 3 rings (SSSR count). The molecule has 1 aromatic rings. The van der Waals surface area contributed by atoms with E-state index in [-0.39, 0.29) is 36.6 Å². The zero-order valence-electron chi connectivity index (χ0n) is 16.1. The Morgan fingerprint density at radius 2 is 1.61 bits per heavy atom. The minimum atomic E-state index is -0.621. The number of nitrogens with zero attached hydrogens (tertiary/aromatic N) is 1. The number of rotatable bonds is 6. The third-order valence-corrected chi connectivity index (χ3v) is 5.01. The molecule has 3 amide bonds. The second kappa shape index (κ2) is 8.37. The Kier molecular flexibility index (Phi) is 5.92. The smallest absolute Gasteiger partial charge is 0.308 e.